The molecule has 21 heavy (non-hydrogen) atoms. The molecule has 0 spiro atoms. The number of carbonyl (C=O) groups is 1. The Kier molecular flexibility index (Phi) is 4.22. The van der Waals surface area contributed by atoms with E-state index in [1.54, 1.807) is 11.3 Å². The molecule has 1 amide bonds. The number of ether oxygens (including phenoxy) is 1. The lowest BCUT2D eigenvalue weighted by atomic mass is 10.1. The van der Waals surface area contributed by atoms with E-state index in [0.29, 0.717) is 6.61 Å². The number of hydrogen-bond acceptors (Lipinski definition) is 4. The number of nitrogens with one attached hydrogen (secondary N) is 2. The number of hydrogen-bond donors (Lipinski definition) is 2. The Morgan fingerprint density at radius 1 is 1.38 bits per heavy atom. The summed E-state index contributed by atoms with van der Waals surface area (Å²) in [6.07, 6.45) is 1.00. The average molecular weight is 302 g/mol. The van der Waals surface area contributed by atoms with Gasteiger partial charge in [0, 0.05) is 22.2 Å². The van der Waals surface area contributed by atoms with Gasteiger partial charge in [-0.25, -0.2) is 0 Å². The number of anilines is 1. The molecule has 0 fully saturated rings. The highest BCUT2D eigenvalue weighted by molar-refractivity contribution is 7.09. The highest BCUT2D eigenvalue weighted by Gasteiger charge is 2.29. The Bertz CT molecular complexity index is 625. The predicted octanol–water partition coefficient (Wildman–Crippen LogP) is 3.32. The number of rotatable bonds is 6. The highest BCUT2D eigenvalue weighted by Crippen LogP contribution is 2.34. The van der Waals surface area contributed by atoms with Gasteiger partial charge in [0.25, 0.3) is 0 Å². The molecule has 0 saturated heterocycles. The minimum absolute atomic E-state index is 0.00820. The van der Waals surface area contributed by atoms with Gasteiger partial charge in [0.1, 0.15) is 18.4 Å². The molecule has 2 heterocycles. The standard InChI is InChI=1S/C16H18N2O2S/c1-2-7-17-15-13-6-5-11(9-14(13)18-16(15)19)20-10-12-4-3-8-21-12/h3-6,8-9,15,17H,2,7,10H2,1H3,(H,18,19). The van der Waals surface area contributed by atoms with Crippen LogP contribution in [0, 0.1) is 0 Å². The van der Waals surface area contributed by atoms with Crippen LogP contribution in [0.4, 0.5) is 5.69 Å². The molecule has 2 N–H and O–H groups in total. The molecule has 0 bridgehead atoms. The van der Waals surface area contributed by atoms with E-state index in [4.69, 9.17) is 4.74 Å². The highest BCUT2D eigenvalue weighted by atomic mass is 32.1. The third-order valence-corrected chi connectivity index (χ3v) is 4.27. The molecule has 0 aliphatic carbocycles. The summed E-state index contributed by atoms with van der Waals surface area (Å²) in [4.78, 5) is 13.2. The molecule has 1 atom stereocenters. The number of benzene rings is 1. The lowest BCUT2D eigenvalue weighted by molar-refractivity contribution is -0.117. The summed E-state index contributed by atoms with van der Waals surface area (Å²) in [5.74, 6) is 0.785. The molecule has 0 radical (unpaired) electrons. The smallest absolute Gasteiger partial charge is 0.246 e. The summed E-state index contributed by atoms with van der Waals surface area (Å²) >= 11 is 1.67. The van der Waals surface area contributed by atoms with Gasteiger partial charge in [-0.3, -0.25) is 4.79 Å². The molecule has 2 aromatic rings. The van der Waals surface area contributed by atoms with Crippen molar-refractivity contribution in [2.24, 2.45) is 0 Å². The molecule has 110 valence electrons. The van der Waals surface area contributed by atoms with Crippen LogP contribution in [0.5, 0.6) is 5.75 Å². The molecular formula is C16H18N2O2S. The van der Waals surface area contributed by atoms with Gasteiger partial charge >= 0.3 is 0 Å². The van der Waals surface area contributed by atoms with Gasteiger partial charge < -0.3 is 15.4 Å². The predicted molar refractivity (Wildman–Crippen MR) is 84.8 cm³/mol. The van der Waals surface area contributed by atoms with Gasteiger partial charge in [-0.2, -0.15) is 0 Å². The molecule has 1 aromatic carbocycles. The van der Waals surface area contributed by atoms with Crippen LogP contribution in [0.25, 0.3) is 0 Å². The fourth-order valence-corrected chi connectivity index (χ4v) is 2.99. The quantitative estimate of drug-likeness (QED) is 0.860. The van der Waals surface area contributed by atoms with E-state index in [1.165, 1.54) is 4.88 Å². The maximum Gasteiger partial charge on any atom is 0.246 e. The molecule has 1 aliphatic rings. The first-order valence-corrected chi connectivity index (χ1v) is 7.99. The summed E-state index contributed by atoms with van der Waals surface area (Å²) < 4.78 is 5.77. The van der Waals surface area contributed by atoms with Crippen molar-refractivity contribution in [3.8, 4) is 5.75 Å². The second-order valence-corrected chi connectivity index (χ2v) is 6.03. The molecule has 4 nitrogen and oxygen atoms in total. The van der Waals surface area contributed by atoms with Crippen molar-refractivity contribution in [3.05, 3.63) is 46.2 Å². The molecule has 5 heteroatoms. The molecule has 0 saturated carbocycles. The van der Waals surface area contributed by atoms with Crippen molar-refractivity contribution < 1.29 is 9.53 Å². The zero-order valence-corrected chi connectivity index (χ0v) is 12.7. The second kappa shape index (κ2) is 6.28. The first-order valence-electron chi connectivity index (χ1n) is 7.11. The van der Waals surface area contributed by atoms with Gasteiger partial charge in [-0.05, 0) is 30.5 Å². The zero-order valence-electron chi connectivity index (χ0n) is 11.9. The fraction of sp³-hybridized carbons (Fsp3) is 0.312. The lowest BCUT2D eigenvalue weighted by Gasteiger charge is -2.11. The summed E-state index contributed by atoms with van der Waals surface area (Å²) in [7, 11) is 0. The Balaban J connectivity index is 1.70. The normalized spacial score (nSPS) is 16.6. The van der Waals surface area contributed by atoms with Crippen molar-refractivity contribution in [1.82, 2.24) is 5.32 Å². The van der Waals surface area contributed by atoms with Crippen molar-refractivity contribution >= 4 is 22.9 Å². The second-order valence-electron chi connectivity index (χ2n) is 4.99. The van der Waals surface area contributed by atoms with E-state index in [9.17, 15) is 4.79 Å². The van der Waals surface area contributed by atoms with Gasteiger partial charge in [-0.1, -0.05) is 19.1 Å². The van der Waals surface area contributed by atoms with Crippen LogP contribution in [-0.4, -0.2) is 12.5 Å². The van der Waals surface area contributed by atoms with Crippen molar-refractivity contribution in [1.29, 1.82) is 0 Å². The Labute approximate surface area is 128 Å². The SMILES string of the molecule is CCCNC1C(=O)Nc2cc(OCc3cccs3)ccc21. The van der Waals surface area contributed by atoms with Crippen molar-refractivity contribution in [2.45, 2.75) is 26.0 Å². The van der Waals surface area contributed by atoms with Gasteiger partial charge in [0.2, 0.25) is 5.91 Å². The van der Waals surface area contributed by atoms with Gasteiger partial charge in [-0.15, -0.1) is 11.3 Å². The zero-order chi connectivity index (χ0) is 14.7. The Morgan fingerprint density at radius 2 is 2.29 bits per heavy atom. The molecule has 1 unspecified atom stereocenters. The van der Waals surface area contributed by atoms with Crippen LogP contribution in [-0.2, 0) is 11.4 Å². The maximum absolute atomic E-state index is 12.0. The third kappa shape index (κ3) is 3.09. The largest absolute Gasteiger partial charge is 0.488 e. The molecule has 1 aromatic heterocycles. The van der Waals surface area contributed by atoms with Gasteiger partial charge in [0.05, 0.1) is 0 Å². The fourth-order valence-electron chi connectivity index (χ4n) is 2.37. The third-order valence-electron chi connectivity index (χ3n) is 3.42. The summed E-state index contributed by atoms with van der Waals surface area (Å²) in [6, 6.07) is 9.60. The molecular weight excluding hydrogens is 284 g/mol. The minimum Gasteiger partial charge on any atom is -0.488 e. The van der Waals surface area contributed by atoms with Gasteiger partial charge in [0.15, 0.2) is 0 Å². The van der Waals surface area contributed by atoms with E-state index in [0.717, 1.165) is 30.0 Å². The summed E-state index contributed by atoms with van der Waals surface area (Å²) in [5, 5.41) is 8.20. The number of carbonyl (C=O) groups excluding carboxylic acids is 1. The van der Waals surface area contributed by atoms with Crippen LogP contribution in [0.15, 0.2) is 35.7 Å². The van der Waals surface area contributed by atoms with Crippen LogP contribution < -0.4 is 15.4 Å². The summed E-state index contributed by atoms with van der Waals surface area (Å²) in [6.45, 7) is 3.47. The van der Waals surface area contributed by atoms with Crippen molar-refractivity contribution in [3.63, 3.8) is 0 Å². The first kappa shape index (κ1) is 14.1. The van der Waals surface area contributed by atoms with E-state index in [-0.39, 0.29) is 11.9 Å². The van der Waals surface area contributed by atoms with Crippen LogP contribution >= 0.6 is 11.3 Å². The van der Waals surface area contributed by atoms with Crippen LogP contribution in [0.1, 0.15) is 29.8 Å². The number of thiophene rings is 1. The average Bonchev–Trinajstić information content (AvgIpc) is 3.10. The monoisotopic (exact) mass is 302 g/mol. The Hall–Kier alpha value is -1.85. The van der Waals surface area contributed by atoms with E-state index < -0.39 is 0 Å². The van der Waals surface area contributed by atoms with E-state index >= 15 is 0 Å². The van der Waals surface area contributed by atoms with Crippen LogP contribution in [0.2, 0.25) is 0 Å². The summed E-state index contributed by atoms with van der Waals surface area (Å²) in [5.41, 5.74) is 1.84. The molecule has 3 rings (SSSR count). The minimum atomic E-state index is -0.244. The van der Waals surface area contributed by atoms with Crippen molar-refractivity contribution in [2.75, 3.05) is 11.9 Å². The first-order chi connectivity index (χ1) is 10.3. The number of amides is 1. The number of fused-ring (bicyclic) bond motifs is 1. The van der Waals surface area contributed by atoms with Crippen LogP contribution in [0.3, 0.4) is 0 Å². The van der Waals surface area contributed by atoms with E-state index in [1.807, 2.05) is 35.7 Å². The topological polar surface area (TPSA) is 50.4 Å². The van der Waals surface area contributed by atoms with E-state index in [2.05, 4.69) is 17.6 Å². The molecule has 1 aliphatic heterocycles. The lowest BCUT2D eigenvalue weighted by Crippen LogP contribution is -2.27. The Morgan fingerprint density at radius 3 is 3.05 bits per heavy atom. The maximum atomic E-state index is 12.0.